The predicted octanol–water partition coefficient (Wildman–Crippen LogP) is 13.1. The molecule has 256 valence electrons. The Hall–Kier alpha value is -7.43. The Kier molecular flexibility index (Phi) is 7.14. The molecule has 0 fully saturated rings. The van der Waals surface area contributed by atoms with Crippen molar-refractivity contribution in [3.05, 3.63) is 194 Å². The van der Waals surface area contributed by atoms with Gasteiger partial charge in [-0.1, -0.05) is 158 Å². The Morgan fingerprint density at radius 3 is 1.62 bits per heavy atom. The molecule has 0 spiro atoms. The summed E-state index contributed by atoms with van der Waals surface area (Å²) in [6.45, 7) is 0. The van der Waals surface area contributed by atoms with E-state index >= 15 is 0 Å². The van der Waals surface area contributed by atoms with E-state index in [1.165, 1.54) is 48.8 Å². The molecular weight excluding hydrogens is 669 g/mol. The average molecular weight is 701 g/mol. The Bertz CT molecular complexity index is 3250. The first kappa shape index (κ1) is 31.1. The van der Waals surface area contributed by atoms with Gasteiger partial charge in [0.25, 0.3) is 0 Å². The third kappa shape index (κ3) is 5.26. The highest BCUT2D eigenvalue weighted by atomic mass is 15.0. The fourth-order valence-corrected chi connectivity index (χ4v) is 8.16. The molecule has 0 radical (unpaired) electrons. The third-order valence-electron chi connectivity index (χ3n) is 10.8. The zero-order valence-corrected chi connectivity index (χ0v) is 29.8. The molecule has 4 nitrogen and oxygen atoms in total. The van der Waals surface area contributed by atoms with E-state index in [1.54, 1.807) is 0 Å². The Labute approximate surface area is 317 Å². The van der Waals surface area contributed by atoms with Crippen LogP contribution in [0.5, 0.6) is 0 Å². The van der Waals surface area contributed by atoms with Gasteiger partial charge in [-0.2, -0.15) is 0 Å². The van der Waals surface area contributed by atoms with Crippen LogP contribution in [0, 0.1) is 0 Å². The molecule has 2 aromatic heterocycles. The maximum absolute atomic E-state index is 5.19. The summed E-state index contributed by atoms with van der Waals surface area (Å²) < 4.78 is 2.36. The van der Waals surface area contributed by atoms with Crippen molar-refractivity contribution >= 4 is 54.1 Å². The molecule has 0 bridgehead atoms. The highest BCUT2D eigenvalue weighted by molar-refractivity contribution is 6.21. The van der Waals surface area contributed by atoms with E-state index in [4.69, 9.17) is 15.0 Å². The van der Waals surface area contributed by atoms with E-state index in [0.29, 0.717) is 17.5 Å². The van der Waals surface area contributed by atoms with E-state index < -0.39 is 0 Å². The second-order valence-corrected chi connectivity index (χ2v) is 14.1. The fraction of sp³-hybridized carbons (Fsp3) is 0. The van der Waals surface area contributed by atoms with Crippen molar-refractivity contribution in [2.75, 3.05) is 0 Å². The minimum atomic E-state index is 0.631. The van der Waals surface area contributed by atoms with Crippen LogP contribution in [0.1, 0.15) is 0 Å². The van der Waals surface area contributed by atoms with Crippen LogP contribution in [0.15, 0.2) is 194 Å². The molecule has 55 heavy (non-hydrogen) atoms. The monoisotopic (exact) mass is 700 g/mol. The Morgan fingerprint density at radius 1 is 0.309 bits per heavy atom. The molecule has 11 aromatic rings. The number of benzene rings is 9. The molecule has 0 aliphatic carbocycles. The van der Waals surface area contributed by atoms with Crippen LogP contribution < -0.4 is 0 Å². The van der Waals surface area contributed by atoms with Gasteiger partial charge in [0.1, 0.15) is 0 Å². The summed E-state index contributed by atoms with van der Waals surface area (Å²) in [6.07, 6.45) is 0. The normalized spacial score (nSPS) is 11.6. The molecule has 0 saturated carbocycles. The van der Waals surface area contributed by atoms with Crippen molar-refractivity contribution in [1.82, 2.24) is 19.5 Å². The van der Waals surface area contributed by atoms with Crippen molar-refractivity contribution in [1.29, 1.82) is 0 Å². The molecule has 0 unspecified atom stereocenters. The lowest BCUT2D eigenvalue weighted by atomic mass is 9.96. The topological polar surface area (TPSA) is 43.6 Å². The number of fused-ring (bicyclic) bond motifs is 7. The maximum atomic E-state index is 5.19. The largest absolute Gasteiger partial charge is 0.309 e. The van der Waals surface area contributed by atoms with E-state index in [9.17, 15) is 0 Å². The second-order valence-electron chi connectivity index (χ2n) is 14.1. The van der Waals surface area contributed by atoms with Crippen LogP contribution in [0.25, 0.3) is 105 Å². The summed E-state index contributed by atoms with van der Waals surface area (Å²) in [5, 5.41) is 9.68. The minimum absolute atomic E-state index is 0.631. The Balaban J connectivity index is 1.08. The lowest BCUT2D eigenvalue weighted by Crippen LogP contribution is -2.00. The summed E-state index contributed by atoms with van der Waals surface area (Å²) in [6, 6.07) is 68.7. The quantitative estimate of drug-likeness (QED) is 0.179. The molecule has 2 heterocycles. The summed E-state index contributed by atoms with van der Waals surface area (Å²) in [5.74, 6) is 1.91. The summed E-state index contributed by atoms with van der Waals surface area (Å²) in [5.41, 5.74) is 8.62. The second kappa shape index (κ2) is 12.6. The van der Waals surface area contributed by atoms with Gasteiger partial charge in [-0.3, -0.25) is 0 Å². The Morgan fingerprint density at radius 2 is 0.855 bits per heavy atom. The molecule has 0 N–H and O–H groups in total. The van der Waals surface area contributed by atoms with Gasteiger partial charge in [0.2, 0.25) is 0 Å². The van der Waals surface area contributed by atoms with Crippen molar-refractivity contribution < 1.29 is 0 Å². The molecule has 0 saturated heterocycles. The van der Waals surface area contributed by atoms with Gasteiger partial charge in [0.15, 0.2) is 17.5 Å². The average Bonchev–Trinajstić information content (AvgIpc) is 3.60. The van der Waals surface area contributed by atoms with Crippen LogP contribution in [0.3, 0.4) is 0 Å². The lowest BCUT2D eigenvalue weighted by molar-refractivity contribution is 1.07. The van der Waals surface area contributed by atoms with Crippen LogP contribution in [0.4, 0.5) is 0 Å². The zero-order chi connectivity index (χ0) is 36.3. The van der Waals surface area contributed by atoms with Crippen molar-refractivity contribution in [2.45, 2.75) is 0 Å². The van der Waals surface area contributed by atoms with Crippen molar-refractivity contribution in [2.24, 2.45) is 0 Å². The van der Waals surface area contributed by atoms with Crippen LogP contribution >= 0.6 is 0 Å². The molecular formula is C51H32N4. The van der Waals surface area contributed by atoms with Crippen molar-refractivity contribution in [3.8, 4) is 51.0 Å². The summed E-state index contributed by atoms with van der Waals surface area (Å²) in [4.78, 5) is 15.4. The lowest BCUT2D eigenvalue weighted by Gasteiger charge is -2.11. The van der Waals surface area contributed by atoms with E-state index in [1.807, 2.05) is 18.2 Å². The maximum Gasteiger partial charge on any atom is 0.164 e. The first-order valence-electron chi connectivity index (χ1n) is 18.6. The van der Waals surface area contributed by atoms with Gasteiger partial charge < -0.3 is 4.57 Å². The van der Waals surface area contributed by atoms with Gasteiger partial charge in [-0.25, -0.2) is 15.0 Å². The number of hydrogen-bond donors (Lipinski definition) is 0. The highest BCUT2D eigenvalue weighted by Crippen LogP contribution is 2.39. The van der Waals surface area contributed by atoms with Crippen LogP contribution in [0.2, 0.25) is 0 Å². The third-order valence-corrected chi connectivity index (χ3v) is 10.8. The van der Waals surface area contributed by atoms with E-state index in [-0.39, 0.29) is 0 Å². The van der Waals surface area contributed by atoms with Gasteiger partial charge in [0.05, 0.1) is 11.0 Å². The van der Waals surface area contributed by atoms with E-state index in [2.05, 4.69) is 180 Å². The fourth-order valence-electron chi connectivity index (χ4n) is 8.16. The molecule has 0 aliphatic rings. The molecule has 0 amide bonds. The predicted molar refractivity (Wildman–Crippen MR) is 228 cm³/mol. The molecule has 11 rings (SSSR count). The van der Waals surface area contributed by atoms with E-state index in [0.717, 1.165) is 38.8 Å². The number of nitrogens with zero attached hydrogens (tertiary/aromatic N) is 4. The summed E-state index contributed by atoms with van der Waals surface area (Å²) >= 11 is 0. The van der Waals surface area contributed by atoms with Gasteiger partial charge in [0, 0.05) is 33.2 Å². The van der Waals surface area contributed by atoms with Crippen molar-refractivity contribution in [3.63, 3.8) is 0 Å². The van der Waals surface area contributed by atoms with Gasteiger partial charge in [-0.15, -0.1) is 0 Å². The summed E-state index contributed by atoms with van der Waals surface area (Å²) in [7, 11) is 0. The number of aromatic nitrogens is 4. The smallest absolute Gasteiger partial charge is 0.164 e. The molecule has 4 heteroatoms. The first-order chi connectivity index (χ1) is 27.2. The van der Waals surface area contributed by atoms with Gasteiger partial charge in [-0.05, 0) is 79.8 Å². The minimum Gasteiger partial charge on any atom is -0.309 e. The molecule has 0 atom stereocenters. The molecule has 9 aromatic carbocycles. The zero-order valence-electron chi connectivity index (χ0n) is 29.8. The SMILES string of the molecule is c1ccc(-c2nc(-c3ccc4cc(-c5cccc6ccccc56)ccc4c3)nc(-c3ccc4c5c6ccccc6ccc5n(-c5ccccc5)c4c3)n2)cc1. The standard InChI is InChI=1S/C51H32N4/c1-3-14-35(15-4-1)49-52-50(39-25-23-36-30-38(24-22-37(36)31-39)43-21-11-16-33-12-7-9-19-42(33)43)54-51(53-49)40-26-28-45-47(32-40)55(41-17-5-2-6-18-41)46-29-27-34-13-8-10-20-44(34)48(45)46/h1-32H. The highest BCUT2D eigenvalue weighted by Gasteiger charge is 2.18. The molecule has 0 aliphatic heterocycles. The van der Waals surface area contributed by atoms with Crippen LogP contribution in [-0.2, 0) is 0 Å². The number of rotatable bonds is 5. The first-order valence-corrected chi connectivity index (χ1v) is 18.6. The number of para-hydroxylation sites is 1. The number of hydrogen-bond acceptors (Lipinski definition) is 3. The van der Waals surface area contributed by atoms with Crippen LogP contribution in [-0.4, -0.2) is 19.5 Å². The van der Waals surface area contributed by atoms with Gasteiger partial charge >= 0.3 is 0 Å².